The molecule has 0 aromatic carbocycles. The molecule has 15 heavy (non-hydrogen) atoms. The van der Waals surface area contributed by atoms with Crippen molar-refractivity contribution in [2.45, 2.75) is 84.5 Å². The Morgan fingerprint density at radius 2 is 1.27 bits per heavy atom. The van der Waals surface area contributed by atoms with Gasteiger partial charge >= 0.3 is 0 Å². The van der Waals surface area contributed by atoms with Crippen LogP contribution >= 0.6 is 0 Å². The van der Waals surface area contributed by atoms with Crippen molar-refractivity contribution in [2.75, 3.05) is 0 Å². The van der Waals surface area contributed by atoms with Crippen molar-refractivity contribution in [3.8, 4) is 0 Å². The van der Waals surface area contributed by atoms with Crippen LogP contribution in [0.3, 0.4) is 0 Å². The van der Waals surface area contributed by atoms with E-state index in [0.717, 1.165) is 6.42 Å². The van der Waals surface area contributed by atoms with Crippen molar-refractivity contribution in [3.05, 3.63) is 0 Å². The fourth-order valence-electron chi connectivity index (χ4n) is 2.43. The summed E-state index contributed by atoms with van der Waals surface area (Å²) in [7, 11) is -1.38. The van der Waals surface area contributed by atoms with Crippen LogP contribution < -0.4 is 0 Å². The molecule has 0 heterocycles. The van der Waals surface area contributed by atoms with E-state index >= 15 is 0 Å². The summed E-state index contributed by atoms with van der Waals surface area (Å²) in [6.07, 6.45) is 5.51. The highest BCUT2D eigenvalue weighted by atomic mass is 28.4. The summed E-state index contributed by atoms with van der Waals surface area (Å²) in [5.74, 6) is 0. The van der Waals surface area contributed by atoms with Gasteiger partial charge in [0.1, 0.15) is 0 Å². The fraction of sp³-hybridized carbons (Fsp3) is 1.00. The Balaban J connectivity index is 4.44. The number of rotatable bonds is 9. The molecule has 0 saturated heterocycles. The maximum absolute atomic E-state index is 6.45. The average molecular weight is 230 g/mol. The smallest absolute Gasteiger partial charge is 0.193 e. The van der Waals surface area contributed by atoms with E-state index in [-0.39, 0.29) is 0 Å². The van der Waals surface area contributed by atoms with Gasteiger partial charge < -0.3 is 4.43 Å². The second-order valence-electron chi connectivity index (χ2n) is 4.77. The predicted octanol–water partition coefficient (Wildman–Crippen LogP) is 4.98. The summed E-state index contributed by atoms with van der Waals surface area (Å²) in [5.41, 5.74) is 0. The van der Waals surface area contributed by atoms with E-state index in [0.29, 0.717) is 6.10 Å². The Morgan fingerprint density at radius 3 is 1.53 bits per heavy atom. The van der Waals surface area contributed by atoms with Gasteiger partial charge in [0.25, 0.3) is 0 Å². The molecule has 0 aromatic heterocycles. The number of hydrogen-bond donors (Lipinski definition) is 0. The van der Waals surface area contributed by atoms with Crippen LogP contribution in [0, 0.1) is 0 Å². The molecule has 0 aliphatic carbocycles. The second-order valence-corrected chi connectivity index (χ2v) is 8.87. The normalized spacial score (nSPS) is 14.2. The minimum absolute atomic E-state index is 0.473. The molecular weight excluding hydrogens is 200 g/mol. The second kappa shape index (κ2) is 8.34. The molecule has 2 heteroatoms. The van der Waals surface area contributed by atoms with E-state index in [2.05, 4.69) is 34.6 Å². The third-order valence-electron chi connectivity index (χ3n) is 3.14. The molecule has 0 rings (SSSR count). The van der Waals surface area contributed by atoms with Crippen LogP contribution in [0.15, 0.2) is 0 Å². The van der Waals surface area contributed by atoms with Gasteiger partial charge in [-0.15, -0.1) is 0 Å². The molecule has 0 amide bonds. The topological polar surface area (TPSA) is 9.23 Å². The van der Waals surface area contributed by atoms with E-state index in [4.69, 9.17) is 4.43 Å². The van der Waals surface area contributed by atoms with Gasteiger partial charge in [-0.3, -0.25) is 0 Å². The Labute approximate surface area is 97.7 Å². The molecule has 0 saturated carbocycles. The highest BCUT2D eigenvalue weighted by Gasteiger charge is 2.33. The van der Waals surface area contributed by atoms with Gasteiger partial charge in [0.05, 0.1) is 0 Å². The van der Waals surface area contributed by atoms with Crippen molar-refractivity contribution in [1.29, 1.82) is 0 Å². The molecule has 1 unspecified atom stereocenters. The van der Waals surface area contributed by atoms with Gasteiger partial charge in [0.15, 0.2) is 8.32 Å². The van der Waals surface area contributed by atoms with E-state index in [1.807, 2.05) is 0 Å². The largest absolute Gasteiger partial charge is 0.414 e. The van der Waals surface area contributed by atoms with Gasteiger partial charge in [-0.2, -0.15) is 0 Å². The maximum Gasteiger partial charge on any atom is 0.193 e. The third-order valence-corrected chi connectivity index (χ3v) is 8.28. The zero-order valence-corrected chi connectivity index (χ0v) is 12.4. The van der Waals surface area contributed by atoms with Crippen LogP contribution in [0.5, 0.6) is 0 Å². The zero-order chi connectivity index (χ0) is 11.7. The van der Waals surface area contributed by atoms with Crippen LogP contribution in [-0.4, -0.2) is 14.4 Å². The van der Waals surface area contributed by atoms with Crippen molar-refractivity contribution >= 4 is 8.32 Å². The lowest BCUT2D eigenvalue weighted by Crippen LogP contribution is -2.40. The molecule has 0 radical (unpaired) electrons. The summed E-state index contributed by atoms with van der Waals surface area (Å²) in [5, 5.41) is 0. The molecule has 0 aliphatic rings. The first-order valence-electron chi connectivity index (χ1n) is 6.81. The van der Waals surface area contributed by atoms with Crippen LogP contribution in [0.2, 0.25) is 18.1 Å². The monoisotopic (exact) mass is 230 g/mol. The first kappa shape index (κ1) is 15.2. The van der Waals surface area contributed by atoms with E-state index in [9.17, 15) is 0 Å². The lowest BCUT2D eigenvalue weighted by atomic mass is 10.3. The molecule has 0 aromatic rings. The predicted molar refractivity (Wildman–Crippen MR) is 71.9 cm³/mol. The quantitative estimate of drug-likeness (QED) is 0.508. The van der Waals surface area contributed by atoms with E-state index in [1.165, 1.54) is 37.4 Å². The molecule has 0 spiro atoms. The minimum atomic E-state index is -1.38. The minimum Gasteiger partial charge on any atom is -0.414 e. The highest BCUT2D eigenvalue weighted by molar-refractivity contribution is 6.73. The Morgan fingerprint density at radius 1 is 0.867 bits per heavy atom. The van der Waals surface area contributed by atoms with Crippen molar-refractivity contribution in [2.24, 2.45) is 0 Å². The molecule has 0 aliphatic heterocycles. The summed E-state index contributed by atoms with van der Waals surface area (Å²) in [6, 6.07) is 4.08. The van der Waals surface area contributed by atoms with E-state index in [1.54, 1.807) is 0 Å². The Kier molecular flexibility index (Phi) is 8.44. The highest BCUT2D eigenvalue weighted by Crippen LogP contribution is 2.29. The van der Waals surface area contributed by atoms with Crippen molar-refractivity contribution in [1.82, 2.24) is 0 Å². The molecule has 0 N–H and O–H groups in total. The summed E-state index contributed by atoms with van der Waals surface area (Å²) in [4.78, 5) is 0. The molecule has 0 bridgehead atoms. The van der Waals surface area contributed by atoms with Crippen molar-refractivity contribution < 1.29 is 4.43 Å². The van der Waals surface area contributed by atoms with E-state index < -0.39 is 8.32 Å². The van der Waals surface area contributed by atoms with Crippen LogP contribution in [0.1, 0.15) is 60.3 Å². The SMILES string of the molecule is CCC[Si](CCC)(CCC)OC(C)CC. The average Bonchev–Trinajstić information content (AvgIpc) is 2.18. The summed E-state index contributed by atoms with van der Waals surface area (Å²) < 4.78 is 6.45. The van der Waals surface area contributed by atoms with Crippen LogP contribution in [0.25, 0.3) is 0 Å². The van der Waals surface area contributed by atoms with Crippen LogP contribution in [-0.2, 0) is 4.43 Å². The first-order valence-corrected chi connectivity index (χ1v) is 9.34. The summed E-state index contributed by atoms with van der Waals surface area (Å²) in [6.45, 7) is 11.4. The Bertz CT molecular complexity index is 130. The Hall–Kier alpha value is 0.177. The van der Waals surface area contributed by atoms with Gasteiger partial charge in [-0.05, 0) is 31.5 Å². The molecular formula is C13H30OSi. The van der Waals surface area contributed by atoms with Crippen LogP contribution in [0.4, 0.5) is 0 Å². The van der Waals surface area contributed by atoms with Gasteiger partial charge in [0.2, 0.25) is 0 Å². The van der Waals surface area contributed by atoms with Gasteiger partial charge in [0, 0.05) is 6.10 Å². The molecule has 1 nitrogen and oxygen atoms in total. The van der Waals surface area contributed by atoms with Gasteiger partial charge in [-0.1, -0.05) is 47.0 Å². The first-order chi connectivity index (χ1) is 7.14. The number of hydrogen-bond acceptors (Lipinski definition) is 1. The molecule has 1 atom stereocenters. The maximum atomic E-state index is 6.45. The zero-order valence-electron chi connectivity index (χ0n) is 11.4. The lowest BCUT2D eigenvalue weighted by molar-refractivity contribution is 0.199. The lowest BCUT2D eigenvalue weighted by Gasteiger charge is -2.34. The molecule has 92 valence electrons. The standard InChI is InChI=1S/C13H30OSi/c1-6-10-15(11-7-2,12-8-3)14-13(5)9-4/h13H,6-12H2,1-5H3. The van der Waals surface area contributed by atoms with Crippen molar-refractivity contribution in [3.63, 3.8) is 0 Å². The molecule has 0 fully saturated rings. The third kappa shape index (κ3) is 5.72. The summed E-state index contributed by atoms with van der Waals surface area (Å²) >= 11 is 0. The fourth-order valence-corrected chi connectivity index (χ4v) is 7.29. The van der Waals surface area contributed by atoms with Gasteiger partial charge in [-0.25, -0.2) is 0 Å².